The minimum absolute atomic E-state index is 0.265. The molecule has 2 aromatic heterocycles. The first kappa shape index (κ1) is 18.2. The Labute approximate surface area is 154 Å². The number of piperidine rings is 1. The van der Waals surface area contributed by atoms with Gasteiger partial charge in [0.25, 0.3) is 5.56 Å². The molecule has 1 aliphatic carbocycles. The first-order valence-electron chi connectivity index (χ1n) is 9.28. The van der Waals surface area contributed by atoms with Crippen molar-refractivity contribution in [3.63, 3.8) is 0 Å². The summed E-state index contributed by atoms with van der Waals surface area (Å²) in [5.41, 5.74) is -1.78. The van der Waals surface area contributed by atoms with Gasteiger partial charge in [0.05, 0.1) is 12.9 Å². The molecule has 0 bridgehead atoms. The normalized spacial score (nSPS) is 19.5. The van der Waals surface area contributed by atoms with E-state index in [0.717, 1.165) is 44.6 Å². The Morgan fingerprint density at radius 2 is 1.85 bits per heavy atom. The van der Waals surface area contributed by atoms with Gasteiger partial charge in [-0.1, -0.05) is 0 Å². The lowest BCUT2D eigenvalue weighted by molar-refractivity contribution is -0.141. The average molecular weight is 381 g/mol. The molecule has 9 heteroatoms. The second kappa shape index (κ2) is 7.10. The second-order valence-electron chi connectivity index (χ2n) is 7.46. The molecule has 0 aromatic carbocycles. The van der Waals surface area contributed by atoms with Crippen molar-refractivity contribution < 1.29 is 13.2 Å². The lowest BCUT2D eigenvalue weighted by Gasteiger charge is -2.32. The van der Waals surface area contributed by atoms with Crippen molar-refractivity contribution in [2.75, 3.05) is 13.1 Å². The van der Waals surface area contributed by atoms with Crippen LogP contribution in [-0.4, -0.2) is 37.1 Å². The standard InChI is InChI=1S/C18H22F3N5O/c19-18(20,21)15-9-17(27)25(12-23-15)10-13-3-6-24(7-4-13)11-16-22-5-8-26(16)14-1-2-14/h5,8-9,12-14H,1-4,6-7,10-11H2. The average Bonchev–Trinajstić information content (AvgIpc) is 3.37. The first-order chi connectivity index (χ1) is 12.9. The Morgan fingerprint density at radius 3 is 2.48 bits per heavy atom. The van der Waals surface area contributed by atoms with Gasteiger partial charge in [-0.15, -0.1) is 0 Å². The number of alkyl halides is 3. The number of hydrogen-bond acceptors (Lipinski definition) is 4. The highest BCUT2D eigenvalue weighted by atomic mass is 19.4. The molecule has 0 atom stereocenters. The van der Waals surface area contributed by atoms with Crippen LogP contribution in [-0.2, 0) is 19.3 Å². The number of rotatable bonds is 5. The molecule has 1 saturated heterocycles. The van der Waals surface area contributed by atoms with Gasteiger partial charge in [0.2, 0.25) is 0 Å². The molecule has 0 amide bonds. The highest BCUT2D eigenvalue weighted by Crippen LogP contribution is 2.36. The zero-order chi connectivity index (χ0) is 19.0. The molecular formula is C18H22F3N5O. The lowest BCUT2D eigenvalue weighted by atomic mass is 9.96. The maximum Gasteiger partial charge on any atom is 0.433 e. The molecule has 0 radical (unpaired) electrons. The molecular weight excluding hydrogens is 359 g/mol. The maximum atomic E-state index is 12.6. The van der Waals surface area contributed by atoms with Crippen LogP contribution in [0, 0.1) is 5.92 Å². The molecule has 1 saturated carbocycles. The molecule has 2 aromatic rings. The van der Waals surface area contributed by atoms with Crippen molar-refractivity contribution in [1.82, 2.24) is 24.0 Å². The topological polar surface area (TPSA) is 56.0 Å². The van der Waals surface area contributed by atoms with Crippen LogP contribution in [0.2, 0.25) is 0 Å². The number of likely N-dealkylation sites (tertiary alicyclic amines) is 1. The fraction of sp³-hybridized carbons (Fsp3) is 0.611. The Morgan fingerprint density at radius 1 is 1.11 bits per heavy atom. The second-order valence-corrected chi connectivity index (χ2v) is 7.46. The van der Waals surface area contributed by atoms with Gasteiger partial charge in [0.15, 0.2) is 5.69 Å². The van der Waals surface area contributed by atoms with Gasteiger partial charge in [-0.05, 0) is 44.7 Å². The summed E-state index contributed by atoms with van der Waals surface area (Å²) in [6, 6.07) is 1.19. The minimum atomic E-state index is -4.59. The smallest absolute Gasteiger partial charge is 0.331 e. The third kappa shape index (κ3) is 4.23. The van der Waals surface area contributed by atoms with Gasteiger partial charge in [-0.2, -0.15) is 13.2 Å². The van der Waals surface area contributed by atoms with Crippen LogP contribution < -0.4 is 5.56 Å². The fourth-order valence-corrected chi connectivity index (χ4v) is 3.67. The zero-order valence-corrected chi connectivity index (χ0v) is 14.9. The summed E-state index contributed by atoms with van der Waals surface area (Å²) in [5, 5.41) is 0. The molecule has 0 unspecified atom stereocenters. The summed E-state index contributed by atoms with van der Waals surface area (Å²) in [7, 11) is 0. The molecule has 146 valence electrons. The Balaban J connectivity index is 1.32. The van der Waals surface area contributed by atoms with E-state index in [-0.39, 0.29) is 5.92 Å². The Kier molecular flexibility index (Phi) is 4.79. The number of aromatic nitrogens is 4. The first-order valence-corrected chi connectivity index (χ1v) is 9.28. The largest absolute Gasteiger partial charge is 0.433 e. The predicted molar refractivity (Wildman–Crippen MR) is 92.0 cm³/mol. The molecule has 1 aliphatic heterocycles. The maximum absolute atomic E-state index is 12.6. The summed E-state index contributed by atoms with van der Waals surface area (Å²) in [4.78, 5) is 22.2. The van der Waals surface area contributed by atoms with Crippen LogP contribution in [0.1, 0.15) is 43.2 Å². The molecule has 2 aliphatic rings. The van der Waals surface area contributed by atoms with Crippen LogP contribution in [0.25, 0.3) is 0 Å². The van der Waals surface area contributed by atoms with Crippen molar-refractivity contribution in [2.24, 2.45) is 5.92 Å². The van der Waals surface area contributed by atoms with Gasteiger partial charge in [-0.25, -0.2) is 9.97 Å². The number of nitrogens with zero attached hydrogens (tertiary/aromatic N) is 5. The van der Waals surface area contributed by atoms with E-state index in [4.69, 9.17) is 0 Å². The summed E-state index contributed by atoms with van der Waals surface area (Å²) in [6.07, 6.45) is 4.58. The summed E-state index contributed by atoms with van der Waals surface area (Å²) >= 11 is 0. The van der Waals surface area contributed by atoms with E-state index >= 15 is 0 Å². The molecule has 27 heavy (non-hydrogen) atoms. The molecule has 4 rings (SSSR count). The van der Waals surface area contributed by atoms with E-state index in [1.54, 1.807) is 0 Å². The Hall–Kier alpha value is -2.16. The molecule has 0 N–H and O–H groups in total. The number of imidazole rings is 1. The van der Waals surface area contributed by atoms with Crippen LogP contribution >= 0.6 is 0 Å². The lowest BCUT2D eigenvalue weighted by Crippen LogP contribution is -2.36. The van der Waals surface area contributed by atoms with Crippen LogP contribution in [0.15, 0.2) is 29.6 Å². The van der Waals surface area contributed by atoms with Gasteiger partial charge in [-0.3, -0.25) is 14.3 Å². The van der Waals surface area contributed by atoms with Crippen molar-refractivity contribution in [2.45, 2.75) is 51.0 Å². The molecule has 0 spiro atoms. The Bertz CT molecular complexity index is 847. The highest BCUT2D eigenvalue weighted by Gasteiger charge is 2.33. The summed E-state index contributed by atoms with van der Waals surface area (Å²) in [5.74, 6) is 1.36. The number of halogens is 3. The van der Waals surface area contributed by atoms with E-state index in [9.17, 15) is 18.0 Å². The van der Waals surface area contributed by atoms with E-state index in [0.29, 0.717) is 18.7 Å². The fourth-order valence-electron chi connectivity index (χ4n) is 3.67. The van der Waals surface area contributed by atoms with E-state index in [1.165, 1.54) is 17.4 Å². The van der Waals surface area contributed by atoms with Gasteiger partial charge >= 0.3 is 6.18 Å². The number of hydrogen-bond donors (Lipinski definition) is 0. The van der Waals surface area contributed by atoms with Crippen molar-refractivity contribution in [1.29, 1.82) is 0 Å². The quantitative estimate of drug-likeness (QED) is 0.799. The molecule has 3 heterocycles. The van der Waals surface area contributed by atoms with E-state index in [2.05, 4.69) is 19.4 Å². The third-order valence-corrected chi connectivity index (χ3v) is 5.39. The minimum Gasteiger partial charge on any atom is -0.331 e. The summed E-state index contributed by atoms with van der Waals surface area (Å²) < 4.78 is 41.4. The van der Waals surface area contributed by atoms with Crippen molar-refractivity contribution >= 4 is 0 Å². The van der Waals surface area contributed by atoms with Gasteiger partial charge < -0.3 is 4.57 Å². The molecule has 6 nitrogen and oxygen atoms in total. The van der Waals surface area contributed by atoms with Crippen LogP contribution in [0.4, 0.5) is 13.2 Å². The highest BCUT2D eigenvalue weighted by molar-refractivity contribution is 5.04. The predicted octanol–water partition coefficient (Wildman–Crippen LogP) is 2.71. The van der Waals surface area contributed by atoms with E-state index in [1.807, 2.05) is 12.4 Å². The zero-order valence-electron chi connectivity index (χ0n) is 14.9. The monoisotopic (exact) mass is 381 g/mol. The van der Waals surface area contributed by atoms with Crippen molar-refractivity contribution in [3.8, 4) is 0 Å². The SMILES string of the molecule is O=c1cc(C(F)(F)F)ncn1CC1CCN(Cc2nccn2C2CC2)CC1. The summed E-state index contributed by atoms with van der Waals surface area (Å²) in [6.45, 7) is 3.02. The van der Waals surface area contributed by atoms with Crippen molar-refractivity contribution in [3.05, 3.63) is 46.7 Å². The van der Waals surface area contributed by atoms with Gasteiger partial charge in [0.1, 0.15) is 5.82 Å². The van der Waals surface area contributed by atoms with E-state index < -0.39 is 17.4 Å². The van der Waals surface area contributed by atoms with Crippen LogP contribution in [0.3, 0.4) is 0 Å². The molecule has 2 fully saturated rings. The van der Waals surface area contributed by atoms with Gasteiger partial charge in [0, 0.05) is 31.0 Å². The van der Waals surface area contributed by atoms with Crippen LogP contribution in [0.5, 0.6) is 0 Å². The third-order valence-electron chi connectivity index (χ3n) is 5.39.